The number of hydrogen-bond acceptors (Lipinski definition) is 4. The number of rotatable bonds is 4. The maximum absolute atomic E-state index is 13.9. The van der Waals surface area contributed by atoms with E-state index in [4.69, 9.17) is 0 Å². The number of aromatic nitrogens is 1. The predicted octanol–water partition coefficient (Wildman–Crippen LogP) is 3.60. The molecule has 0 bridgehead atoms. The van der Waals surface area contributed by atoms with E-state index in [0.29, 0.717) is 11.0 Å². The molecule has 0 radical (unpaired) electrons. The van der Waals surface area contributed by atoms with Gasteiger partial charge in [0.05, 0.1) is 22.1 Å². The Morgan fingerprint density at radius 3 is 3.00 bits per heavy atom. The molecule has 0 atom stereocenters. The highest BCUT2D eigenvalue weighted by molar-refractivity contribution is 9.11. The van der Waals surface area contributed by atoms with E-state index in [1.807, 2.05) is 0 Å². The molecular formula is C12H9BrFN3O2. The van der Waals surface area contributed by atoms with Crippen molar-refractivity contribution < 1.29 is 9.31 Å². The molecule has 1 aromatic carbocycles. The van der Waals surface area contributed by atoms with Crippen LogP contribution in [0.2, 0.25) is 0 Å². The van der Waals surface area contributed by atoms with Gasteiger partial charge in [-0.3, -0.25) is 15.1 Å². The molecule has 1 aromatic heterocycles. The quantitative estimate of drug-likeness (QED) is 0.688. The van der Waals surface area contributed by atoms with Gasteiger partial charge in [0, 0.05) is 17.2 Å². The van der Waals surface area contributed by atoms with E-state index < -0.39 is 10.7 Å². The number of halogens is 2. The first-order chi connectivity index (χ1) is 9.00. The van der Waals surface area contributed by atoms with E-state index in [9.17, 15) is 14.5 Å². The Kier molecular flexibility index (Phi) is 3.75. The fourth-order valence-corrected chi connectivity index (χ4v) is 1.84. The second kappa shape index (κ2) is 5.31. The summed E-state index contributed by atoms with van der Waals surface area (Å²) in [7, 11) is 0. The summed E-state index contributed by atoms with van der Waals surface area (Å²) in [6.45, 7) is 3.92. The number of pyridine rings is 1. The third kappa shape index (κ3) is 2.70. The minimum Gasteiger partial charge on any atom is -0.376 e. The van der Waals surface area contributed by atoms with Crippen molar-refractivity contribution in [3.8, 4) is 0 Å². The van der Waals surface area contributed by atoms with Crippen LogP contribution in [0, 0.1) is 15.9 Å². The van der Waals surface area contributed by atoms with Gasteiger partial charge in [-0.05, 0) is 12.1 Å². The number of anilines is 1. The topological polar surface area (TPSA) is 68.1 Å². The monoisotopic (exact) mass is 325 g/mol. The van der Waals surface area contributed by atoms with Gasteiger partial charge < -0.3 is 5.32 Å². The lowest BCUT2D eigenvalue weighted by atomic mass is 10.1. The van der Waals surface area contributed by atoms with Crippen molar-refractivity contribution in [2.24, 2.45) is 0 Å². The summed E-state index contributed by atoms with van der Waals surface area (Å²) in [4.78, 5) is 14.3. The zero-order valence-corrected chi connectivity index (χ0v) is 11.3. The lowest BCUT2D eigenvalue weighted by Crippen LogP contribution is -2.05. The maximum atomic E-state index is 13.9. The Labute approximate surface area is 116 Å². The number of non-ortho nitro benzene ring substituents is 1. The Hall–Kier alpha value is -2.02. The lowest BCUT2D eigenvalue weighted by molar-refractivity contribution is -0.383. The minimum absolute atomic E-state index is 0.127. The first-order valence-corrected chi connectivity index (χ1v) is 6.08. The number of nitrogens with zero attached hydrogens (tertiary/aromatic N) is 2. The summed E-state index contributed by atoms with van der Waals surface area (Å²) >= 11 is 3.15. The van der Waals surface area contributed by atoms with Gasteiger partial charge in [-0.15, -0.1) is 0 Å². The van der Waals surface area contributed by atoms with Crippen molar-refractivity contribution in [3.63, 3.8) is 0 Å². The molecule has 2 aromatic rings. The molecule has 7 heteroatoms. The fraction of sp³-hybridized carbons (Fsp3) is 0.0833. The van der Waals surface area contributed by atoms with Crippen LogP contribution < -0.4 is 5.32 Å². The molecule has 0 amide bonds. The van der Waals surface area contributed by atoms with Crippen LogP contribution in [0.25, 0.3) is 10.9 Å². The average molecular weight is 326 g/mol. The Balaban J connectivity index is 2.65. The van der Waals surface area contributed by atoms with E-state index in [0.717, 1.165) is 6.07 Å². The summed E-state index contributed by atoms with van der Waals surface area (Å²) in [5, 5.41) is 14.0. The number of fused-ring (bicyclic) bond motifs is 1. The first kappa shape index (κ1) is 13.4. The van der Waals surface area contributed by atoms with Crippen molar-refractivity contribution in [2.75, 3.05) is 11.9 Å². The molecule has 2 rings (SSSR count). The van der Waals surface area contributed by atoms with Crippen molar-refractivity contribution in [1.82, 2.24) is 4.98 Å². The van der Waals surface area contributed by atoms with Gasteiger partial charge >= 0.3 is 0 Å². The molecule has 0 aliphatic rings. The van der Waals surface area contributed by atoms with Crippen molar-refractivity contribution >= 4 is 38.2 Å². The largest absolute Gasteiger partial charge is 0.376 e. The Morgan fingerprint density at radius 2 is 2.37 bits per heavy atom. The molecule has 5 nitrogen and oxygen atoms in total. The molecular weight excluding hydrogens is 317 g/mol. The van der Waals surface area contributed by atoms with Gasteiger partial charge in [0.2, 0.25) is 0 Å². The fourth-order valence-electron chi connectivity index (χ4n) is 1.70. The van der Waals surface area contributed by atoms with Gasteiger partial charge in [0.1, 0.15) is 5.52 Å². The third-order valence-electron chi connectivity index (χ3n) is 2.48. The van der Waals surface area contributed by atoms with Crippen LogP contribution in [-0.4, -0.2) is 16.5 Å². The molecule has 0 aliphatic carbocycles. The summed E-state index contributed by atoms with van der Waals surface area (Å²) in [6, 6.07) is 4.00. The van der Waals surface area contributed by atoms with E-state index in [-0.39, 0.29) is 22.3 Å². The van der Waals surface area contributed by atoms with Crippen LogP contribution >= 0.6 is 15.9 Å². The summed E-state index contributed by atoms with van der Waals surface area (Å²) < 4.78 is 14.6. The van der Waals surface area contributed by atoms with E-state index >= 15 is 0 Å². The van der Waals surface area contributed by atoms with E-state index in [1.54, 1.807) is 6.07 Å². The molecule has 0 unspecified atom stereocenters. The number of nitro groups is 1. The second-order valence-corrected chi connectivity index (χ2v) is 4.90. The molecule has 98 valence electrons. The third-order valence-corrected chi connectivity index (χ3v) is 2.76. The van der Waals surface area contributed by atoms with Crippen LogP contribution in [0.5, 0.6) is 0 Å². The highest BCUT2D eigenvalue weighted by Crippen LogP contribution is 2.32. The molecule has 0 saturated carbocycles. The van der Waals surface area contributed by atoms with Gasteiger partial charge in [-0.2, -0.15) is 0 Å². The predicted molar refractivity (Wildman–Crippen MR) is 74.9 cm³/mol. The van der Waals surface area contributed by atoms with Gasteiger partial charge in [0.25, 0.3) is 5.69 Å². The molecule has 0 spiro atoms. The average Bonchev–Trinajstić information content (AvgIpc) is 2.36. The highest BCUT2D eigenvalue weighted by Gasteiger charge is 2.19. The summed E-state index contributed by atoms with van der Waals surface area (Å²) in [6.07, 6.45) is 1.46. The molecule has 19 heavy (non-hydrogen) atoms. The Bertz CT molecular complexity index is 675. The molecule has 1 N–H and O–H groups in total. The number of nitrogens with one attached hydrogen (secondary N) is 1. The van der Waals surface area contributed by atoms with Crippen molar-refractivity contribution in [3.05, 3.63) is 51.4 Å². The standard InChI is InChI=1S/C12H9BrFN3O2/c1-7(13)6-16-12-9(14)5-10(17(18)19)8-3-2-4-15-11(8)12/h2-5,16H,1,6H2. The van der Waals surface area contributed by atoms with Crippen LogP contribution in [0.15, 0.2) is 35.5 Å². The zero-order chi connectivity index (χ0) is 14.0. The van der Waals surface area contributed by atoms with Gasteiger partial charge in [0.15, 0.2) is 5.82 Å². The Morgan fingerprint density at radius 1 is 1.63 bits per heavy atom. The molecule has 0 saturated heterocycles. The van der Waals surface area contributed by atoms with Crippen LogP contribution in [0.4, 0.5) is 15.8 Å². The number of benzene rings is 1. The second-order valence-electron chi connectivity index (χ2n) is 3.78. The summed E-state index contributed by atoms with van der Waals surface area (Å²) in [5.74, 6) is -0.716. The normalized spacial score (nSPS) is 10.4. The van der Waals surface area contributed by atoms with E-state index in [1.165, 1.54) is 12.3 Å². The van der Waals surface area contributed by atoms with Crippen LogP contribution in [0.1, 0.15) is 0 Å². The summed E-state index contributed by atoms with van der Waals surface area (Å²) in [5.41, 5.74) is 0.0496. The molecule has 0 fully saturated rings. The molecule has 1 heterocycles. The first-order valence-electron chi connectivity index (χ1n) is 5.29. The van der Waals surface area contributed by atoms with E-state index in [2.05, 4.69) is 32.8 Å². The maximum Gasteiger partial charge on any atom is 0.281 e. The smallest absolute Gasteiger partial charge is 0.281 e. The zero-order valence-electron chi connectivity index (χ0n) is 9.69. The lowest BCUT2D eigenvalue weighted by Gasteiger charge is -2.10. The van der Waals surface area contributed by atoms with Crippen LogP contribution in [-0.2, 0) is 0 Å². The highest BCUT2D eigenvalue weighted by atomic mass is 79.9. The minimum atomic E-state index is -0.716. The van der Waals surface area contributed by atoms with Gasteiger partial charge in [-0.1, -0.05) is 22.5 Å². The van der Waals surface area contributed by atoms with Crippen molar-refractivity contribution in [1.29, 1.82) is 0 Å². The van der Waals surface area contributed by atoms with Crippen molar-refractivity contribution in [2.45, 2.75) is 0 Å². The number of nitro benzene ring substituents is 1. The van der Waals surface area contributed by atoms with Gasteiger partial charge in [-0.25, -0.2) is 4.39 Å². The van der Waals surface area contributed by atoms with Crippen LogP contribution in [0.3, 0.4) is 0 Å². The molecule has 0 aliphatic heterocycles. The number of hydrogen-bond donors (Lipinski definition) is 1. The SMILES string of the molecule is C=C(Br)CNc1c(F)cc([N+](=O)[O-])c2cccnc12.